The second-order valence-corrected chi connectivity index (χ2v) is 6.65. The molecule has 0 aliphatic rings. The van der Waals surface area contributed by atoms with Crippen molar-refractivity contribution in [1.82, 2.24) is 4.57 Å². The van der Waals surface area contributed by atoms with E-state index in [4.69, 9.17) is 9.47 Å². The number of aromatic nitrogens is 1. The Bertz CT molecular complexity index is 974. The van der Waals surface area contributed by atoms with E-state index in [1.165, 1.54) is 6.26 Å². The third-order valence-corrected chi connectivity index (χ3v) is 4.40. The molecule has 0 N–H and O–H groups in total. The molecule has 0 bridgehead atoms. The van der Waals surface area contributed by atoms with Crippen LogP contribution in [0.3, 0.4) is 0 Å². The molecule has 1 aromatic heterocycles. The predicted molar refractivity (Wildman–Crippen MR) is 110 cm³/mol. The van der Waals surface area contributed by atoms with Gasteiger partial charge in [0.15, 0.2) is 0 Å². The molecule has 4 heteroatoms. The summed E-state index contributed by atoms with van der Waals surface area (Å²) in [6.45, 7) is 8.69. The SMILES string of the molecule is C=COCCCOc1ccc2cc(-c3ccccc3)c(=O)n(C(C)C)c2c1. The lowest BCUT2D eigenvalue weighted by Gasteiger charge is -2.17. The average molecular weight is 363 g/mol. The van der Waals surface area contributed by atoms with Crippen molar-refractivity contribution in [2.45, 2.75) is 26.3 Å². The Morgan fingerprint density at radius 2 is 1.85 bits per heavy atom. The Labute approximate surface area is 159 Å². The molecule has 0 unspecified atom stereocenters. The molecular weight excluding hydrogens is 338 g/mol. The number of hydrogen-bond donors (Lipinski definition) is 0. The topological polar surface area (TPSA) is 40.5 Å². The molecular formula is C23H25NO3. The normalized spacial score (nSPS) is 10.9. The Morgan fingerprint density at radius 1 is 1.07 bits per heavy atom. The summed E-state index contributed by atoms with van der Waals surface area (Å²) in [5.74, 6) is 0.752. The Balaban J connectivity index is 2.00. The van der Waals surface area contributed by atoms with Gasteiger partial charge in [-0.3, -0.25) is 4.79 Å². The van der Waals surface area contributed by atoms with Crippen molar-refractivity contribution < 1.29 is 9.47 Å². The first-order valence-corrected chi connectivity index (χ1v) is 9.22. The number of nitrogens with zero attached hydrogens (tertiary/aromatic N) is 1. The number of hydrogen-bond acceptors (Lipinski definition) is 3. The van der Waals surface area contributed by atoms with Crippen LogP contribution in [0.15, 0.2) is 72.2 Å². The van der Waals surface area contributed by atoms with Gasteiger partial charge in [-0.05, 0) is 43.0 Å². The highest BCUT2D eigenvalue weighted by Gasteiger charge is 2.14. The molecule has 0 aliphatic heterocycles. The van der Waals surface area contributed by atoms with Crippen LogP contribution < -0.4 is 10.3 Å². The monoisotopic (exact) mass is 363 g/mol. The van der Waals surface area contributed by atoms with Gasteiger partial charge in [-0.25, -0.2) is 0 Å². The van der Waals surface area contributed by atoms with Crippen molar-refractivity contribution >= 4 is 10.9 Å². The fourth-order valence-corrected chi connectivity index (χ4v) is 3.15. The van der Waals surface area contributed by atoms with Crippen molar-refractivity contribution in [3.05, 3.63) is 77.8 Å². The highest BCUT2D eigenvalue weighted by atomic mass is 16.5. The molecule has 0 aliphatic carbocycles. The van der Waals surface area contributed by atoms with Gasteiger partial charge < -0.3 is 14.0 Å². The first-order valence-electron chi connectivity index (χ1n) is 9.22. The zero-order valence-corrected chi connectivity index (χ0v) is 15.9. The van der Waals surface area contributed by atoms with Crippen molar-refractivity contribution in [3.63, 3.8) is 0 Å². The highest BCUT2D eigenvalue weighted by Crippen LogP contribution is 2.26. The van der Waals surface area contributed by atoms with Gasteiger partial charge in [0, 0.05) is 24.1 Å². The lowest BCUT2D eigenvalue weighted by atomic mass is 10.0. The van der Waals surface area contributed by atoms with Crippen LogP contribution in [0, 0.1) is 0 Å². The lowest BCUT2D eigenvalue weighted by molar-refractivity contribution is 0.209. The van der Waals surface area contributed by atoms with Crippen LogP contribution in [0.25, 0.3) is 22.0 Å². The number of fused-ring (bicyclic) bond motifs is 1. The molecule has 4 nitrogen and oxygen atoms in total. The van der Waals surface area contributed by atoms with Crippen molar-refractivity contribution in [2.75, 3.05) is 13.2 Å². The fraction of sp³-hybridized carbons (Fsp3) is 0.261. The van der Waals surface area contributed by atoms with Gasteiger partial charge >= 0.3 is 0 Å². The zero-order valence-electron chi connectivity index (χ0n) is 15.9. The minimum atomic E-state index is 0.0141. The summed E-state index contributed by atoms with van der Waals surface area (Å²) in [4.78, 5) is 13.2. The van der Waals surface area contributed by atoms with E-state index in [9.17, 15) is 4.79 Å². The van der Waals surface area contributed by atoms with E-state index in [0.29, 0.717) is 18.8 Å². The number of pyridine rings is 1. The van der Waals surface area contributed by atoms with Crippen LogP contribution in [-0.2, 0) is 4.74 Å². The van der Waals surface area contributed by atoms with Crippen LogP contribution >= 0.6 is 0 Å². The van der Waals surface area contributed by atoms with E-state index in [1.807, 2.05) is 73.0 Å². The first-order chi connectivity index (χ1) is 13.1. The van der Waals surface area contributed by atoms with E-state index in [-0.39, 0.29) is 11.6 Å². The van der Waals surface area contributed by atoms with E-state index in [1.54, 1.807) is 0 Å². The molecule has 0 fully saturated rings. The van der Waals surface area contributed by atoms with Gasteiger partial charge in [-0.15, -0.1) is 0 Å². The molecule has 0 saturated heterocycles. The Hall–Kier alpha value is -3.01. The minimum absolute atomic E-state index is 0.0141. The van der Waals surface area contributed by atoms with Gasteiger partial charge in [-0.2, -0.15) is 0 Å². The average Bonchev–Trinajstić information content (AvgIpc) is 2.67. The minimum Gasteiger partial charge on any atom is -0.502 e. The van der Waals surface area contributed by atoms with Gasteiger partial charge in [-0.1, -0.05) is 36.9 Å². The highest BCUT2D eigenvalue weighted by molar-refractivity contribution is 5.85. The molecule has 140 valence electrons. The third kappa shape index (κ3) is 4.22. The number of rotatable bonds is 8. The summed E-state index contributed by atoms with van der Waals surface area (Å²) in [6, 6.07) is 17.7. The smallest absolute Gasteiger partial charge is 0.259 e. The molecule has 0 radical (unpaired) electrons. The molecule has 0 atom stereocenters. The fourth-order valence-electron chi connectivity index (χ4n) is 3.15. The second-order valence-electron chi connectivity index (χ2n) is 6.65. The molecule has 0 saturated carbocycles. The summed E-state index contributed by atoms with van der Waals surface area (Å²) in [5, 5.41) is 1.02. The maximum atomic E-state index is 13.2. The van der Waals surface area contributed by atoms with Crippen LogP contribution in [0.5, 0.6) is 5.75 Å². The quantitative estimate of drug-likeness (QED) is 0.409. The van der Waals surface area contributed by atoms with Crippen LogP contribution in [-0.4, -0.2) is 17.8 Å². The molecule has 0 spiro atoms. The van der Waals surface area contributed by atoms with Gasteiger partial charge in [0.25, 0.3) is 5.56 Å². The third-order valence-electron chi connectivity index (χ3n) is 4.40. The van der Waals surface area contributed by atoms with E-state index in [0.717, 1.165) is 28.6 Å². The largest absolute Gasteiger partial charge is 0.502 e. The van der Waals surface area contributed by atoms with Gasteiger partial charge in [0.05, 0.1) is 25.0 Å². The van der Waals surface area contributed by atoms with E-state index >= 15 is 0 Å². The predicted octanol–water partition coefficient (Wildman–Crippen LogP) is 5.18. The summed E-state index contributed by atoms with van der Waals surface area (Å²) in [5.41, 5.74) is 2.54. The number of benzene rings is 2. The van der Waals surface area contributed by atoms with Crippen LogP contribution in [0.1, 0.15) is 26.3 Å². The summed E-state index contributed by atoms with van der Waals surface area (Å²) in [7, 11) is 0. The Kier molecular flexibility index (Phi) is 5.97. The summed E-state index contributed by atoms with van der Waals surface area (Å²) in [6.07, 6.45) is 2.20. The molecule has 3 aromatic rings. The molecule has 2 aromatic carbocycles. The van der Waals surface area contributed by atoms with E-state index < -0.39 is 0 Å². The van der Waals surface area contributed by atoms with E-state index in [2.05, 4.69) is 6.58 Å². The van der Waals surface area contributed by atoms with Gasteiger partial charge in [0.2, 0.25) is 0 Å². The molecule has 1 heterocycles. The summed E-state index contributed by atoms with van der Waals surface area (Å²) < 4.78 is 12.8. The zero-order chi connectivity index (χ0) is 19.2. The van der Waals surface area contributed by atoms with Crippen LogP contribution in [0.2, 0.25) is 0 Å². The van der Waals surface area contributed by atoms with Crippen LogP contribution in [0.4, 0.5) is 0 Å². The van der Waals surface area contributed by atoms with Crippen molar-refractivity contribution in [3.8, 4) is 16.9 Å². The lowest BCUT2D eigenvalue weighted by Crippen LogP contribution is -2.23. The summed E-state index contributed by atoms with van der Waals surface area (Å²) >= 11 is 0. The van der Waals surface area contributed by atoms with Crippen molar-refractivity contribution in [2.24, 2.45) is 0 Å². The van der Waals surface area contributed by atoms with Crippen molar-refractivity contribution in [1.29, 1.82) is 0 Å². The standard InChI is InChI=1S/C23H25NO3/c1-4-26-13-8-14-27-20-12-11-19-15-21(18-9-6-5-7-10-18)23(25)24(17(2)3)22(19)16-20/h4-7,9-12,15-17H,1,8,13-14H2,2-3H3. The molecule has 27 heavy (non-hydrogen) atoms. The maximum Gasteiger partial charge on any atom is 0.259 e. The maximum absolute atomic E-state index is 13.2. The second kappa shape index (κ2) is 8.58. The molecule has 0 amide bonds. The Morgan fingerprint density at radius 3 is 2.56 bits per heavy atom. The molecule has 3 rings (SSSR count). The number of ether oxygens (including phenoxy) is 2. The first kappa shape index (κ1) is 18.8. The van der Waals surface area contributed by atoms with Gasteiger partial charge in [0.1, 0.15) is 5.75 Å².